The number of benzene rings is 1. The van der Waals surface area contributed by atoms with Crippen LogP contribution in [-0.4, -0.2) is 74.1 Å². The first-order valence-corrected chi connectivity index (χ1v) is 10.2. The molecule has 31 heavy (non-hydrogen) atoms. The summed E-state index contributed by atoms with van der Waals surface area (Å²) >= 11 is 0. The Morgan fingerprint density at radius 3 is 2.77 bits per heavy atom. The number of carbonyl (C=O) groups excluding carboxylic acids is 4. The molecular formula is C20H21N7O4. The summed E-state index contributed by atoms with van der Waals surface area (Å²) < 4.78 is 1.62. The van der Waals surface area contributed by atoms with Gasteiger partial charge in [-0.2, -0.15) is 0 Å². The molecule has 11 heteroatoms. The van der Waals surface area contributed by atoms with Crippen LogP contribution in [0.4, 0.5) is 0 Å². The van der Waals surface area contributed by atoms with E-state index in [1.54, 1.807) is 23.0 Å². The van der Waals surface area contributed by atoms with Crippen LogP contribution in [0.15, 0.2) is 24.4 Å². The number of fused-ring (bicyclic) bond motifs is 1. The Balaban J connectivity index is 1.37. The largest absolute Gasteiger partial charge is 0.354 e. The molecule has 1 aromatic heterocycles. The number of imide groups is 1. The second-order valence-electron chi connectivity index (χ2n) is 7.92. The van der Waals surface area contributed by atoms with Crippen LogP contribution in [0.3, 0.4) is 0 Å². The number of piperidine rings is 1. The molecule has 5 rings (SSSR count). The zero-order valence-electron chi connectivity index (χ0n) is 16.7. The molecule has 3 aliphatic heterocycles. The third-order valence-corrected chi connectivity index (χ3v) is 5.85. The van der Waals surface area contributed by atoms with Crippen LogP contribution in [-0.2, 0) is 27.5 Å². The van der Waals surface area contributed by atoms with Crippen LogP contribution in [0.2, 0.25) is 0 Å². The topological polar surface area (TPSA) is 130 Å². The first-order valence-electron chi connectivity index (χ1n) is 10.2. The quantitative estimate of drug-likeness (QED) is 0.601. The summed E-state index contributed by atoms with van der Waals surface area (Å²) in [5.41, 5.74) is 2.73. The molecule has 0 aliphatic carbocycles. The van der Waals surface area contributed by atoms with E-state index in [0.29, 0.717) is 31.6 Å². The van der Waals surface area contributed by atoms with Crippen molar-refractivity contribution in [1.82, 2.24) is 35.4 Å². The predicted octanol–water partition coefficient (Wildman–Crippen LogP) is -1.04. The van der Waals surface area contributed by atoms with Crippen molar-refractivity contribution in [3.8, 4) is 5.69 Å². The number of nitrogens with zero attached hydrogens (tertiary/aromatic N) is 5. The van der Waals surface area contributed by atoms with Gasteiger partial charge in [0.25, 0.3) is 5.91 Å². The molecule has 2 aromatic rings. The summed E-state index contributed by atoms with van der Waals surface area (Å²) in [4.78, 5) is 51.8. The normalized spacial score (nSPS) is 21.8. The average molecular weight is 423 g/mol. The zero-order valence-corrected chi connectivity index (χ0v) is 16.7. The van der Waals surface area contributed by atoms with E-state index in [-0.39, 0.29) is 30.7 Å². The van der Waals surface area contributed by atoms with E-state index < -0.39 is 11.9 Å². The van der Waals surface area contributed by atoms with E-state index >= 15 is 0 Å². The Morgan fingerprint density at radius 1 is 1.10 bits per heavy atom. The van der Waals surface area contributed by atoms with Crippen molar-refractivity contribution in [1.29, 1.82) is 0 Å². The Morgan fingerprint density at radius 2 is 1.97 bits per heavy atom. The molecule has 4 heterocycles. The minimum absolute atomic E-state index is 0.00780. The molecule has 1 unspecified atom stereocenters. The van der Waals surface area contributed by atoms with E-state index in [0.717, 1.165) is 23.5 Å². The van der Waals surface area contributed by atoms with Gasteiger partial charge in [0.15, 0.2) is 0 Å². The number of aromatic nitrogens is 3. The van der Waals surface area contributed by atoms with Crippen molar-refractivity contribution < 1.29 is 19.2 Å². The molecule has 1 atom stereocenters. The molecule has 160 valence electrons. The number of nitrogens with one attached hydrogen (secondary N) is 2. The molecule has 0 radical (unpaired) electrons. The molecular weight excluding hydrogens is 402 g/mol. The average Bonchev–Trinajstić information content (AvgIpc) is 3.33. The fourth-order valence-corrected chi connectivity index (χ4v) is 4.33. The van der Waals surface area contributed by atoms with Crippen molar-refractivity contribution >= 4 is 23.6 Å². The summed E-state index contributed by atoms with van der Waals surface area (Å²) in [7, 11) is 0. The van der Waals surface area contributed by atoms with E-state index in [9.17, 15) is 19.2 Å². The van der Waals surface area contributed by atoms with Gasteiger partial charge in [-0.3, -0.25) is 29.4 Å². The monoisotopic (exact) mass is 423 g/mol. The summed E-state index contributed by atoms with van der Waals surface area (Å²) in [6, 6.07) is 4.70. The van der Waals surface area contributed by atoms with Gasteiger partial charge < -0.3 is 10.2 Å². The Kier molecular flexibility index (Phi) is 4.74. The standard InChI is InChI=1S/C20H21N7O4/c28-17-5-4-16(19(30)22-17)26-10-14-13(20(26)31)2-1-3-15(14)27-9-12(23-24-27)8-25-7-6-21-18(29)11-25/h1-3,9,16H,4-8,10-11H2,(H,21,29)(H,22,28,30). The molecule has 11 nitrogen and oxygen atoms in total. The minimum Gasteiger partial charge on any atom is -0.354 e. The Hall–Kier alpha value is -3.60. The molecule has 3 aliphatic rings. The van der Waals surface area contributed by atoms with Gasteiger partial charge in [0, 0.05) is 43.7 Å². The zero-order chi connectivity index (χ0) is 21.5. The number of carbonyl (C=O) groups is 4. The van der Waals surface area contributed by atoms with Gasteiger partial charge in [-0.05, 0) is 18.6 Å². The maximum atomic E-state index is 13.0. The van der Waals surface area contributed by atoms with Gasteiger partial charge in [-0.15, -0.1) is 5.10 Å². The van der Waals surface area contributed by atoms with Gasteiger partial charge in [0.2, 0.25) is 17.7 Å². The first kappa shape index (κ1) is 19.4. The highest BCUT2D eigenvalue weighted by molar-refractivity contribution is 6.05. The lowest BCUT2D eigenvalue weighted by molar-refractivity contribution is -0.137. The van der Waals surface area contributed by atoms with E-state index in [1.165, 1.54) is 4.90 Å². The highest BCUT2D eigenvalue weighted by Gasteiger charge is 2.40. The second-order valence-corrected chi connectivity index (χ2v) is 7.92. The number of amides is 4. The van der Waals surface area contributed by atoms with Crippen LogP contribution in [0, 0.1) is 0 Å². The summed E-state index contributed by atoms with van der Waals surface area (Å²) in [5.74, 6) is -0.988. The van der Waals surface area contributed by atoms with Gasteiger partial charge in [0.1, 0.15) is 6.04 Å². The van der Waals surface area contributed by atoms with Crippen molar-refractivity contribution in [2.75, 3.05) is 19.6 Å². The van der Waals surface area contributed by atoms with Gasteiger partial charge in [-0.1, -0.05) is 11.3 Å². The number of hydrogen-bond acceptors (Lipinski definition) is 7. The number of rotatable bonds is 4. The fraction of sp³-hybridized carbons (Fsp3) is 0.400. The van der Waals surface area contributed by atoms with Crippen LogP contribution >= 0.6 is 0 Å². The number of piperazine rings is 1. The molecule has 2 saturated heterocycles. The number of hydrogen-bond donors (Lipinski definition) is 2. The lowest BCUT2D eigenvalue weighted by atomic mass is 10.0. The van der Waals surface area contributed by atoms with Crippen LogP contribution in [0.25, 0.3) is 5.69 Å². The van der Waals surface area contributed by atoms with Crippen molar-refractivity contribution in [3.63, 3.8) is 0 Å². The fourth-order valence-electron chi connectivity index (χ4n) is 4.33. The Bertz CT molecular complexity index is 1090. The SMILES string of the molecule is O=C1CN(Cc2cn(-c3cccc4c3CN(C3CCC(=O)NC3=O)C4=O)nn2)CCN1. The maximum Gasteiger partial charge on any atom is 0.255 e. The molecule has 2 N–H and O–H groups in total. The van der Waals surface area contributed by atoms with Crippen LogP contribution in [0.5, 0.6) is 0 Å². The lowest BCUT2D eigenvalue weighted by Crippen LogP contribution is -2.52. The highest BCUT2D eigenvalue weighted by atomic mass is 16.2. The smallest absolute Gasteiger partial charge is 0.255 e. The predicted molar refractivity (Wildman–Crippen MR) is 106 cm³/mol. The Labute approximate surface area is 177 Å². The van der Waals surface area contributed by atoms with Crippen molar-refractivity contribution in [3.05, 3.63) is 41.2 Å². The molecule has 4 amide bonds. The third kappa shape index (κ3) is 3.56. The van der Waals surface area contributed by atoms with E-state index in [2.05, 4.69) is 20.9 Å². The first-order chi connectivity index (χ1) is 15.0. The van der Waals surface area contributed by atoms with Gasteiger partial charge >= 0.3 is 0 Å². The molecule has 0 spiro atoms. The highest BCUT2D eigenvalue weighted by Crippen LogP contribution is 2.31. The maximum absolute atomic E-state index is 13.0. The molecule has 0 saturated carbocycles. The molecule has 0 bridgehead atoms. The van der Waals surface area contributed by atoms with Gasteiger partial charge in [0.05, 0.1) is 24.1 Å². The summed E-state index contributed by atoms with van der Waals surface area (Å²) in [5, 5.41) is 13.6. The van der Waals surface area contributed by atoms with Crippen LogP contribution in [0.1, 0.15) is 34.5 Å². The third-order valence-electron chi connectivity index (χ3n) is 5.85. The lowest BCUT2D eigenvalue weighted by Gasteiger charge is -2.29. The summed E-state index contributed by atoms with van der Waals surface area (Å²) in [6.45, 7) is 2.44. The van der Waals surface area contributed by atoms with Crippen molar-refractivity contribution in [2.45, 2.75) is 32.0 Å². The second kappa shape index (κ2) is 7.58. The van der Waals surface area contributed by atoms with E-state index in [1.807, 2.05) is 11.0 Å². The van der Waals surface area contributed by atoms with Gasteiger partial charge in [-0.25, -0.2) is 4.68 Å². The van der Waals surface area contributed by atoms with Crippen LogP contribution < -0.4 is 10.6 Å². The molecule has 1 aromatic carbocycles. The summed E-state index contributed by atoms with van der Waals surface area (Å²) in [6.07, 6.45) is 2.32. The molecule has 2 fully saturated rings. The van der Waals surface area contributed by atoms with E-state index in [4.69, 9.17) is 0 Å². The van der Waals surface area contributed by atoms with Crippen molar-refractivity contribution in [2.24, 2.45) is 0 Å². The minimum atomic E-state index is -0.665.